The lowest BCUT2D eigenvalue weighted by Gasteiger charge is -2.21. The number of imidazole rings is 1. The summed E-state index contributed by atoms with van der Waals surface area (Å²) in [5.41, 5.74) is 3.15. The van der Waals surface area contributed by atoms with Crippen molar-refractivity contribution in [3.63, 3.8) is 0 Å². The highest BCUT2D eigenvalue weighted by Crippen LogP contribution is 2.26. The second kappa shape index (κ2) is 7.51. The van der Waals surface area contributed by atoms with Crippen molar-refractivity contribution in [1.29, 1.82) is 0 Å². The zero-order chi connectivity index (χ0) is 21.4. The van der Waals surface area contributed by atoms with Gasteiger partial charge >= 0.3 is 11.7 Å². The summed E-state index contributed by atoms with van der Waals surface area (Å²) in [5.74, 6) is -1.68. The standard InChI is InChI=1S/C21H20N4O5/c1-24-17-11-14(22-13-4-2-12(3-5-13)10-19(27)28)6-7-15(17)25(21(24)30)16-8-9-18(26)23-20(16)29/h2-7,11,16,22H,8-10H2,1H3,(H,27,28)(H,23,26,29). The maximum Gasteiger partial charge on any atom is 0.329 e. The second-order valence-corrected chi connectivity index (χ2v) is 7.27. The van der Waals surface area contributed by atoms with Gasteiger partial charge in [0, 0.05) is 24.8 Å². The van der Waals surface area contributed by atoms with E-state index in [1.807, 2.05) is 6.07 Å². The Morgan fingerprint density at radius 3 is 2.47 bits per heavy atom. The average Bonchev–Trinajstić information content (AvgIpc) is 2.94. The van der Waals surface area contributed by atoms with Gasteiger partial charge in [0.2, 0.25) is 11.8 Å². The van der Waals surface area contributed by atoms with Crippen LogP contribution in [-0.2, 0) is 27.9 Å². The summed E-state index contributed by atoms with van der Waals surface area (Å²) in [7, 11) is 1.64. The van der Waals surface area contributed by atoms with Crippen LogP contribution in [0.1, 0.15) is 24.4 Å². The van der Waals surface area contributed by atoms with Gasteiger partial charge in [0.05, 0.1) is 17.5 Å². The third-order valence-corrected chi connectivity index (χ3v) is 5.21. The minimum Gasteiger partial charge on any atom is -0.481 e. The third-order valence-electron chi connectivity index (χ3n) is 5.21. The van der Waals surface area contributed by atoms with Gasteiger partial charge in [-0.1, -0.05) is 12.1 Å². The summed E-state index contributed by atoms with van der Waals surface area (Å²) >= 11 is 0. The second-order valence-electron chi connectivity index (χ2n) is 7.27. The number of anilines is 2. The van der Waals surface area contributed by atoms with E-state index in [0.29, 0.717) is 16.6 Å². The van der Waals surface area contributed by atoms with Crippen LogP contribution >= 0.6 is 0 Å². The van der Waals surface area contributed by atoms with Crippen LogP contribution in [0.25, 0.3) is 11.0 Å². The molecular formula is C21H20N4O5. The number of imide groups is 1. The van der Waals surface area contributed by atoms with Gasteiger partial charge in [0.15, 0.2) is 0 Å². The molecule has 2 heterocycles. The molecular weight excluding hydrogens is 388 g/mol. The molecule has 3 N–H and O–H groups in total. The molecule has 1 aliphatic rings. The van der Waals surface area contributed by atoms with Crippen molar-refractivity contribution in [2.45, 2.75) is 25.3 Å². The number of hydrogen-bond donors (Lipinski definition) is 3. The molecule has 0 spiro atoms. The first-order valence-electron chi connectivity index (χ1n) is 9.46. The highest BCUT2D eigenvalue weighted by atomic mass is 16.4. The van der Waals surface area contributed by atoms with E-state index in [2.05, 4.69) is 10.6 Å². The monoisotopic (exact) mass is 408 g/mol. The molecule has 0 aliphatic carbocycles. The van der Waals surface area contributed by atoms with Crippen LogP contribution in [0.3, 0.4) is 0 Å². The summed E-state index contributed by atoms with van der Waals surface area (Å²) in [6.45, 7) is 0. The minimum absolute atomic E-state index is 0.0395. The van der Waals surface area contributed by atoms with Gasteiger partial charge in [-0.25, -0.2) is 4.79 Å². The van der Waals surface area contributed by atoms with E-state index in [1.165, 1.54) is 9.13 Å². The molecule has 1 unspecified atom stereocenters. The summed E-state index contributed by atoms with van der Waals surface area (Å²) in [5, 5.41) is 14.4. The Morgan fingerprint density at radius 2 is 1.80 bits per heavy atom. The number of rotatable bonds is 5. The van der Waals surface area contributed by atoms with Crippen LogP contribution < -0.4 is 16.3 Å². The van der Waals surface area contributed by atoms with Gasteiger partial charge < -0.3 is 10.4 Å². The van der Waals surface area contributed by atoms with Crippen molar-refractivity contribution in [3.8, 4) is 0 Å². The minimum atomic E-state index is -0.886. The Morgan fingerprint density at radius 1 is 1.10 bits per heavy atom. The lowest BCUT2D eigenvalue weighted by atomic mass is 10.1. The van der Waals surface area contributed by atoms with Gasteiger partial charge in [0.1, 0.15) is 6.04 Å². The first kappa shape index (κ1) is 19.4. The normalized spacial score (nSPS) is 16.5. The average molecular weight is 408 g/mol. The fraction of sp³-hybridized carbons (Fsp3) is 0.238. The molecule has 2 aromatic carbocycles. The number of amides is 2. The summed E-state index contributed by atoms with van der Waals surface area (Å²) in [6.07, 6.45) is 0.436. The Hall–Kier alpha value is -3.88. The zero-order valence-electron chi connectivity index (χ0n) is 16.2. The number of aryl methyl sites for hydroxylation is 1. The number of carbonyl (C=O) groups is 3. The number of fused-ring (bicyclic) bond motifs is 1. The fourth-order valence-electron chi connectivity index (χ4n) is 3.72. The van der Waals surface area contributed by atoms with Crippen molar-refractivity contribution in [1.82, 2.24) is 14.5 Å². The maximum atomic E-state index is 12.8. The molecule has 0 saturated carbocycles. The Kier molecular flexibility index (Phi) is 4.86. The summed E-state index contributed by atoms with van der Waals surface area (Å²) in [4.78, 5) is 47.3. The summed E-state index contributed by atoms with van der Waals surface area (Å²) in [6, 6.07) is 11.7. The maximum absolute atomic E-state index is 12.8. The van der Waals surface area contributed by atoms with Crippen LogP contribution in [0.4, 0.5) is 11.4 Å². The predicted octanol–water partition coefficient (Wildman–Crippen LogP) is 1.69. The van der Waals surface area contributed by atoms with Crippen LogP contribution in [0, 0.1) is 0 Å². The number of nitrogens with zero attached hydrogens (tertiary/aromatic N) is 2. The number of aliphatic carboxylic acids is 1. The van der Waals surface area contributed by atoms with Gasteiger partial charge in [-0.2, -0.15) is 0 Å². The van der Waals surface area contributed by atoms with Crippen molar-refractivity contribution in [2.75, 3.05) is 5.32 Å². The van der Waals surface area contributed by atoms with E-state index in [4.69, 9.17) is 5.11 Å². The van der Waals surface area contributed by atoms with Gasteiger partial charge in [-0.15, -0.1) is 0 Å². The van der Waals surface area contributed by atoms with E-state index in [-0.39, 0.29) is 30.9 Å². The van der Waals surface area contributed by atoms with Crippen LogP contribution in [0.5, 0.6) is 0 Å². The van der Waals surface area contributed by atoms with E-state index in [1.54, 1.807) is 43.4 Å². The zero-order valence-corrected chi connectivity index (χ0v) is 16.2. The number of carbonyl (C=O) groups excluding carboxylic acids is 2. The third kappa shape index (κ3) is 3.57. The molecule has 4 rings (SSSR count). The lowest BCUT2D eigenvalue weighted by molar-refractivity contribution is -0.137. The van der Waals surface area contributed by atoms with Gasteiger partial charge in [-0.3, -0.25) is 28.8 Å². The molecule has 2 amide bonds. The molecule has 1 saturated heterocycles. The van der Waals surface area contributed by atoms with Gasteiger partial charge in [0.25, 0.3) is 0 Å². The van der Waals surface area contributed by atoms with Crippen molar-refractivity contribution < 1.29 is 19.5 Å². The van der Waals surface area contributed by atoms with Crippen LogP contribution in [0.15, 0.2) is 47.3 Å². The van der Waals surface area contributed by atoms with Gasteiger partial charge in [-0.05, 0) is 42.3 Å². The smallest absolute Gasteiger partial charge is 0.329 e. The first-order valence-corrected chi connectivity index (χ1v) is 9.46. The number of nitrogens with one attached hydrogen (secondary N) is 2. The molecule has 1 atom stereocenters. The van der Waals surface area contributed by atoms with E-state index in [0.717, 1.165) is 11.4 Å². The Balaban J connectivity index is 1.64. The highest BCUT2D eigenvalue weighted by molar-refractivity contribution is 6.00. The molecule has 9 heteroatoms. The number of hydrogen-bond acceptors (Lipinski definition) is 5. The molecule has 1 aliphatic heterocycles. The van der Waals surface area contributed by atoms with Crippen molar-refractivity contribution in [3.05, 3.63) is 58.5 Å². The number of piperidine rings is 1. The molecule has 1 fully saturated rings. The number of carboxylic acids is 1. The largest absolute Gasteiger partial charge is 0.481 e. The molecule has 0 bridgehead atoms. The van der Waals surface area contributed by atoms with Crippen molar-refractivity contribution in [2.24, 2.45) is 7.05 Å². The molecule has 0 radical (unpaired) electrons. The predicted molar refractivity (Wildman–Crippen MR) is 110 cm³/mol. The molecule has 1 aromatic heterocycles. The van der Waals surface area contributed by atoms with E-state index >= 15 is 0 Å². The Labute approximate surface area is 170 Å². The van der Waals surface area contributed by atoms with Crippen LogP contribution in [0.2, 0.25) is 0 Å². The SMILES string of the molecule is Cn1c(=O)n(C2CCC(=O)NC2=O)c2ccc(Nc3ccc(CC(=O)O)cc3)cc21. The summed E-state index contributed by atoms with van der Waals surface area (Å²) < 4.78 is 2.90. The molecule has 154 valence electrons. The lowest BCUT2D eigenvalue weighted by Crippen LogP contribution is -2.44. The first-order chi connectivity index (χ1) is 14.3. The van der Waals surface area contributed by atoms with Crippen LogP contribution in [-0.4, -0.2) is 32.0 Å². The number of aromatic nitrogens is 2. The number of carboxylic acid groups (broad SMARTS) is 1. The quantitative estimate of drug-likeness (QED) is 0.552. The molecule has 30 heavy (non-hydrogen) atoms. The fourth-order valence-corrected chi connectivity index (χ4v) is 3.72. The number of benzene rings is 2. The van der Waals surface area contributed by atoms with Crippen molar-refractivity contribution >= 4 is 40.2 Å². The van der Waals surface area contributed by atoms with E-state index < -0.39 is 17.9 Å². The topological polar surface area (TPSA) is 122 Å². The molecule has 3 aromatic rings. The Bertz CT molecular complexity index is 1220. The highest BCUT2D eigenvalue weighted by Gasteiger charge is 2.31. The van der Waals surface area contributed by atoms with E-state index in [9.17, 15) is 19.2 Å². The molecule has 9 nitrogen and oxygen atoms in total.